The molecule has 28 heavy (non-hydrogen) atoms. The van der Waals surface area contributed by atoms with Gasteiger partial charge in [0.15, 0.2) is 0 Å². The van der Waals surface area contributed by atoms with Crippen LogP contribution in [0.3, 0.4) is 0 Å². The van der Waals surface area contributed by atoms with E-state index in [1.807, 2.05) is 0 Å². The molecular formula is C18H46N2O7S. The molecule has 9 nitrogen and oxygen atoms in total. The molecule has 0 aromatic rings. The quantitative estimate of drug-likeness (QED) is 0.178. The van der Waals surface area contributed by atoms with Gasteiger partial charge in [-0.25, -0.2) is 0 Å². The molecule has 0 aliphatic carbocycles. The van der Waals surface area contributed by atoms with Crippen LogP contribution in [0.1, 0.15) is 85.0 Å². The van der Waals surface area contributed by atoms with E-state index in [1.165, 1.54) is 57.8 Å². The average Bonchev–Trinajstić information content (AvgIpc) is 2.60. The summed E-state index contributed by atoms with van der Waals surface area (Å²) in [4.78, 5) is 0. The van der Waals surface area contributed by atoms with E-state index < -0.39 is 10.4 Å². The van der Waals surface area contributed by atoms with Crippen LogP contribution in [-0.2, 0) is 10.4 Å². The Bertz CT molecular complexity index is 328. The predicted molar refractivity (Wildman–Crippen MR) is 115 cm³/mol. The highest BCUT2D eigenvalue weighted by molar-refractivity contribution is 7.79. The SMILES string of the molecule is CC(O)CN.CC(O)CN.CCCCCCCCCCCCO.O=S(=O)(O)O. The number of hydrogen-bond donors (Lipinski definition) is 7. The number of unbranched alkanes of at least 4 members (excludes halogenated alkanes) is 9. The molecule has 0 heterocycles. The van der Waals surface area contributed by atoms with Crippen molar-refractivity contribution >= 4 is 10.4 Å². The predicted octanol–water partition coefficient (Wildman–Crippen LogP) is 1.90. The maximum absolute atomic E-state index is 8.74. The van der Waals surface area contributed by atoms with Crippen LogP contribution in [0.2, 0.25) is 0 Å². The zero-order valence-electron chi connectivity index (χ0n) is 18.0. The summed E-state index contributed by atoms with van der Waals surface area (Å²) in [6.07, 6.45) is 12.6. The lowest BCUT2D eigenvalue weighted by molar-refractivity contribution is 0.203. The molecule has 0 aromatic carbocycles. The van der Waals surface area contributed by atoms with Gasteiger partial charge in [-0.2, -0.15) is 8.42 Å². The van der Waals surface area contributed by atoms with Gasteiger partial charge in [-0.15, -0.1) is 0 Å². The minimum atomic E-state index is -4.67. The second kappa shape index (κ2) is 28.9. The molecule has 0 aliphatic rings. The lowest BCUT2D eigenvalue weighted by atomic mass is 10.1. The molecule has 0 radical (unpaired) electrons. The highest BCUT2D eigenvalue weighted by atomic mass is 32.3. The Hall–Kier alpha value is -0.330. The zero-order valence-corrected chi connectivity index (χ0v) is 18.8. The molecule has 176 valence electrons. The van der Waals surface area contributed by atoms with Gasteiger partial charge in [0.25, 0.3) is 0 Å². The summed E-state index contributed by atoms with van der Waals surface area (Å²) in [6, 6.07) is 0. The Kier molecular flexibility index (Phi) is 36.2. The minimum absolute atomic E-state index is 0.338. The number of rotatable bonds is 12. The van der Waals surface area contributed by atoms with Crippen molar-refractivity contribution in [2.24, 2.45) is 11.5 Å². The van der Waals surface area contributed by atoms with Crippen LogP contribution < -0.4 is 11.5 Å². The first kappa shape index (κ1) is 35.1. The minimum Gasteiger partial charge on any atom is -0.396 e. The van der Waals surface area contributed by atoms with Crippen LogP contribution in [0.15, 0.2) is 0 Å². The van der Waals surface area contributed by atoms with Crippen molar-refractivity contribution in [3.05, 3.63) is 0 Å². The summed E-state index contributed by atoms with van der Waals surface area (Å²) in [7, 11) is -4.67. The van der Waals surface area contributed by atoms with Crippen LogP contribution in [-0.4, -0.2) is 64.7 Å². The number of aliphatic hydroxyl groups is 3. The fraction of sp³-hybridized carbons (Fsp3) is 1.00. The van der Waals surface area contributed by atoms with Gasteiger partial charge in [0, 0.05) is 19.7 Å². The van der Waals surface area contributed by atoms with E-state index in [0.29, 0.717) is 19.7 Å². The van der Waals surface area contributed by atoms with E-state index in [9.17, 15) is 0 Å². The highest BCUT2D eigenvalue weighted by Gasteiger charge is 1.91. The van der Waals surface area contributed by atoms with E-state index in [1.54, 1.807) is 13.8 Å². The molecule has 0 amide bonds. The van der Waals surface area contributed by atoms with Crippen molar-refractivity contribution < 1.29 is 32.8 Å². The molecule has 0 saturated carbocycles. The maximum atomic E-state index is 8.74. The normalized spacial score (nSPS) is 12.4. The topological polar surface area (TPSA) is 187 Å². The van der Waals surface area contributed by atoms with E-state index in [-0.39, 0.29) is 12.2 Å². The Labute approximate surface area is 172 Å². The lowest BCUT2D eigenvalue weighted by Gasteiger charge is -2.00. The zero-order chi connectivity index (χ0) is 22.8. The van der Waals surface area contributed by atoms with Gasteiger partial charge in [0.05, 0.1) is 12.2 Å². The van der Waals surface area contributed by atoms with Gasteiger partial charge < -0.3 is 26.8 Å². The van der Waals surface area contributed by atoms with Crippen molar-refractivity contribution in [1.82, 2.24) is 0 Å². The third-order valence-corrected chi connectivity index (χ3v) is 3.19. The van der Waals surface area contributed by atoms with Gasteiger partial charge >= 0.3 is 10.4 Å². The van der Waals surface area contributed by atoms with Crippen LogP contribution >= 0.6 is 0 Å². The van der Waals surface area contributed by atoms with E-state index in [4.69, 9.17) is 44.3 Å². The molecule has 10 heteroatoms. The molecule has 9 N–H and O–H groups in total. The first-order valence-corrected chi connectivity index (χ1v) is 11.4. The second-order valence-corrected chi connectivity index (χ2v) is 7.42. The Balaban J connectivity index is -0.000000159. The molecule has 0 aliphatic heterocycles. The van der Waals surface area contributed by atoms with Crippen molar-refractivity contribution in [2.75, 3.05) is 19.7 Å². The average molecular weight is 435 g/mol. The summed E-state index contributed by atoms with van der Waals surface area (Å²) < 4.78 is 31.6. The van der Waals surface area contributed by atoms with Crippen molar-refractivity contribution in [1.29, 1.82) is 0 Å². The number of nitrogens with two attached hydrogens (primary N) is 2. The van der Waals surface area contributed by atoms with Gasteiger partial charge in [-0.1, -0.05) is 64.7 Å². The Morgan fingerprint density at radius 2 is 0.929 bits per heavy atom. The van der Waals surface area contributed by atoms with Gasteiger partial charge in [-0.3, -0.25) is 9.11 Å². The van der Waals surface area contributed by atoms with Gasteiger partial charge in [0.1, 0.15) is 0 Å². The number of aliphatic hydroxyl groups excluding tert-OH is 3. The van der Waals surface area contributed by atoms with Gasteiger partial charge in [0.2, 0.25) is 0 Å². The molecule has 0 bridgehead atoms. The fourth-order valence-corrected chi connectivity index (χ4v) is 1.60. The van der Waals surface area contributed by atoms with Crippen LogP contribution in [0.5, 0.6) is 0 Å². The summed E-state index contributed by atoms with van der Waals surface area (Å²) in [5, 5.41) is 25.0. The highest BCUT2D eigenvalue weighted by Crippen LogP contribution is 2.09. The van der Waals surface area contributed by atoms with Crippen LogP contribution in [0, 0.1) is 0 Å². The molecule has 0 spiro atoms. The summed E-state index contributed by atoms with van der Waals surface area (Å²) in [5.74, 6) is 0. The second-order valence-electron chi connectivity index (χ2n) is 6.52. The summed E-state index contributed by atoms with van der Waals surface area (Å²) in [5.41, 5.74) is 9.84. The van der Waals surface area contributed by atoms with E-state index >= 15 is 0 Å². The third-order valence-electron chi connectivity index (χ3n) is 3.19. The monoisotopic (exact) mass is 434 g/mol. The summed E-state index contributed by atoms with van der Waals surface area (Å²) in [6.45, 7) is 6.66. The van der Waals surface area contributed by atoms with Crippen molar-refractivity contribution in [2.45, 2.75) is 97.2 Å². The molecule has 0 fully saturated rings. The van der Waals surface area contributed by atoms with Crippen LogP contribution in [0.25, 0.3) is 0 Å². The lowest BCUT2D eigenvalue weighted by Crippen LogP contribution is -2.14. The Morgan fingerprint density at radius 1 is 0.714 bits per heavy atom. The molecule has 0 rings (SSSR count). The summed E-state index contributed by atoms with van der Waals surface area (Å²) >= 11 is 0. The third kappa shape index (κ3) is 83.6. The van der Waals surface area contributed by atoms with Crippen LogP contribution in [0.4, 0.5) is 0 Å². The fourth-order valence-electron chi connectivity index (χ4n) is 1.60. The number of hydrogen-bond acceptors (Lipinski definition) is 7. The smallest absolute Gasteiger partial charge is 0.394 e. The first-order valence-electron chi connectivity index (χ1n) is 10.0. The maximum Gasteiger partial charge on any atom is 0.394 e. The molecular weight excluding hydrogens is 388 g/mol. The standard InChI is InChI=1S/C12H26O.2C3H9NO.H2O4S/c1-2-3-4-5-6-7-8-9-10-11-12-13;2*1-3(5)2-4;1-5(2,3)4/h13H,2-12H2,1H3;2*3,5H,2,4H2,1H3;(H2,1,2,3,4). The first-order chi connectivity index (χ1) is 13.0. The molecule has 0 aromatic heterocycles. The van der Waals surface area contributed by atoms with E-state index in [0.717, 1.165) is 6.42 Å². The largest absolute Gasteiger partial charge is 0.396 e. The molecule has 2 atom stereocenters. The van der Waals surface area contributed by atoms with E-state index in [2.05, 4.69) is 6.92 Å². The molecule has 0 saturated heterocycles. The Morgan fingerprint density at radius 3 is 1.11 bits per heavy atom. The molecule has 2 unspecified atom stereocenters. The van der Waals surface area contributed by atoms with Crippen molar-refractivity contribution in [3.63, 3.8) is 0 Å². The van der Waals surface area contributed by atoms with Gasteiger partial charge in [-0.05, 0) is 20.3 Å². The van der Waals surface area contributed by atoms with Crippen molar-refractivity contribution in [3.8, 4) is 0 Å².